The fraction of sp³-hybridized carbons (Fsp3) is 0.385. The number of carbonyl (C=O) groups excluding carboxylic acids is 1. The van der Waals surface area contributed by atoms with Crippen LogP contribution in [-0.4, -0.2) is 18.1 Å². The summed E-state index contributed by atoms with van der Waals surface area (Å²) in [5.74, 6) is 1.23. The molecule has 0 aliphatic rings. The van der Waals surface area contributed by atoms with Crippen molar-refractivity contribution in [2.24, 2.45) is 0 Å². The van der Waals surface area contributed by atoms with Gasteiger partial charge in [-0.3, -0.25) is 0 Å². The van der Waals surface area contributed by atoms with E-state index in [0.717, 1.165) is 12.2 Å². The zero-order valence-corrected chi connectivity index (χ0v) is 10.6. The van der Waals surface area contributed by atoms with Crippen LogP contribution in [0.25, 0.3) is 11.7 Å². The molecule has 0 aliphatic carbocycles. The van der Waals surface area contributed by atoms with Crippen LogP contribution in [0.3, 0.4) is 0 Å². The van der Waals surface area contributed by atoms with Gasteiger partial charge in [0.15, 0.2) is 5.76 Å². The summed E-state index contributed by atoms with van der Waals surface area (Å²) in [5.41, 5.74) is 0.605. The van der Waals surface area contributed by atoms with Gasteiger partial charge >= 0.3 is 5.97 Å². The summed E-state index contributed by atoms with van der Waals surface area (Å²) >= 11 is 0. The molecular weight excluding hydrogens is 234 g/mol. The zero-order chi connectivity index (χ0) is 13.1. The molecule has 0 aliphatic heterocycles. The van der Waals surface area contributed by atoms with Crippen molar-refractivity contribution >= 4 is 5.97 Å². The Kier molecular flexibility index (Phi) is 3.50. The van der Waals surface area contributed by atoms with E-state index < -0.39 is 5.97 Å². The first-order valence-corrected chi connectivity index (χ1v) is 5.80. The molecule has 0 N–H and O–H groups in total. The highest BCUT2D eigenvalue weighted by molar-refractivity contribution is 5.87. The second kappa shape index (κ2) is 5.08. The average Bonchev–Trinajstić information content (AvgIpc) is 2.95. The number of aryl methyl sites for hydroxylation is 2. The number of rotatable bonds is 4. The van der Waals surface area contributed by atoms with Crippen LogP contribution in [-0.2, 0) is 11.2 Å². The van der Waals surface area contributed by atoms with Crippen LogP contribution in [0.5, 0.6) is 0 Å². The highest BCUT2D eigenvalue weighted by Gasteiger charge is 2.22. The van der Waals surface area contributed by atoms with Crippen molar-refractivity contribution in [1.82, 2.24) is 4.98 Å². The molecule has 0 atom stereocenters. The molecule has 18 heavy (non-hydrogen) atoms. The van der Waals surface area contributed by atoms with E-state index >= 15 is 0 Å². The fourth-order valence-corrected chi connectivity index (χ4v) is 1.67. The quantitative estimate of drug-likeness (QED) is 0.779. The molecule has 0 radical (unpaired) electrons. The average molecular weight is 249 g/mol. The van der Waals surface area contributed by atoms with Crippen molar-refractivity contribution in [2.45, 2.75) is 26.7 Å². The molecular formula is C13H15NO4. The monoisotopic (exact) mass is 249 g/mol. The van der Waals surface area contributed by atoms with Crippen molar-refractivity contribution in [2.75, 3.05) is 7.11 Å². The Morgan fingerprint density at radius 3 is 2.72 bits per heavy atom. The predicted octanol–water partition coefficient (Wildman–Crippen LogP) is 2.98. The van der Waals surface area contributed by atoms with Crippen LogP contribution in [0.15, 0.2) is 21.0 Å². The molecule has 2 aromatic heterocycles. The van der Waals surface area contributed by atoms with Crippen molar-refractivity contribution in [3.63, 3.8) is 0 Å². The van der Waals surface area contributed by atoms with Crippen LogP contribution >= 0.6 is 0 Å². The molecule has 96 valence electrons. The maximum Gasteiger partial charge on any atom is 0.376 e. The molecule has 5 nitrogen and oxygen atoms in total. The Bertz CT molecular complexity index is 553. The van der Waals surface area contributed by atoms with E-state index in [4.69, 9.17) is 8.83 Å². The summed E-state index contributed by atoms with van der Waals surface area (Å²) in [4.78, 5) is 15.9. The smallest absolute Gasteiger partial charge is 0.376 e. The van der Waals surface area contributed by atoms with Crippen LogP contribution in [0.2, 0.25) is 0 Å². The summed E-state index contributed by atoms with van der Waals surface area (Å²) in [6, 6.07) is 3.58. The highest BCUT2D eigenvalue weighted by atomic mass is 16.5. The van der Waals surface area contributed by atoms with Gasteiger partial charge < -0.3 is 13.6 Å². The molecule has 2 heterocycles. The lowest BCUT2D eigenvalue weighted by atomic mass is 10.2. The second-order valence-corrected chi connectivity index (χ2v) is 3.95. The lowest BCUT2D eigenvalue weighted by Crippen LogP contribution is -2.03. The summed E-state index contributed by atoms with van der Waals surface area (Å²) in [7, 11) is 1.32. The van der Waals surface area contributed by atoms with E-state index in [1.165, 1.54) is 7.11 Å². The molecule has 0 saturated heterocycles. The predicted molar refractivity (Wildman–Crippen MR) is 64.3 cm³/mol. The summed E-state index contributed by atoms with van der Waals surface area (Å²) in [6.45, 7) is 3.84. The number of hydrogen-bond donors (Lipinski definition) is 0. The van der Waals surface area contributed by atoms with Gasteiger partial charge in [0.2, 0.25) is 5.76 Å². The second-order valence-electron chi connectivity index (χ2n) is 3.95. The van der Waals surface area contributed by atoms with Crippen molar-refractivity contribution in [3.8, 4) is 11.7 Å². The van der Waals surface area contributed by atoms with Gasteiger partial charge in [-0.2, -0.15) is 0 Å². The lowest BCUT2D eigenvalue weighted by molar-refractivity contribution is 0.0564. The van der Waals surface area contributed by atoms with E-state index in [1.54, 1.807) is 6.07 Å². The van der Waals surface area contributed by atoms with E-state index in [1.807, 2.05) is 19.9 Å². The fourth-order valence-electron chi connectivity index (χ4n) is 1.67. The largest absolute Gasteiger partial charge is 0.463 e. The van der Waals surface area contributed by atoms with Crippen molar-refractivity contribution in [1.29, 1.82) is 0 Å². The first-order chi connectivity index (χ1) is 8.65. The third-order valence-electron chi connectivity index (χ3n) is 2.51. The molecule has 0 saturated carbocycles. The maximum atomic E-state index is 11.6. The molecule has 0 bridgehead atoms. The first-order valence-electron chi connectivity index (χ1n) is 5.80. The number of furan rings is 1. The molecule has 2 rings (SSSR count). The topological polar surface area (TPSA) is 65.5 Å². The molecule has 0 aromatic carbocycles. The van der Waals surface area contributed by atoms with E-state index in [9.17, 15) is 4.79 Å². The molecule has 2 aromatic rings. The minimum atomic E-state index is -0.513. The zero-order valence-electron chi connectivity index (χ0n) is 10.6. The number of methoxy groups -OCH3 is 1. The number of ether oxygens (including phenoxy) is 1. The van der Waals surface area contributed by atoms with E-state index in [2.05, 4.69) is 9.72 Å². The van der Waals surface area contributed by atoms with Crippen LogP contribution in [0, 0.1) is 6.92 Å². The molecule has 0 spiro atoms. The lowest BCUT2D eigenvalue weighted by Gasteiger charge is -1.95. The van der Waals surface area contributed by atoms with Gasteiger partial charge in [-0.15, -0.1) is 0 Å². The summed E-state index contributed by atoms with van der Waals surface area (Å²) < 4.78 is 15.5. The number of carbonyl (C=O) groups is 1. The minimum Gasteiger partial charge on any atom is -0.463 e. The maximum absolute atomic E-state index is 11.6. The number of nitrogens with zero attached hydrogens (tertiary/aromatic N) is 1. The Hall–Kier alpha value is -2.04. The Labute approximate surface area is 105 Å². The first kappa shape index (κ1) is 12.4. The third kappa shape index (κ3) is 2.30. The summed E-state index contributed by atoms with van der Waals surface area (Å²) in [5, 5.41) is 0. The normalized spacial score (nSPS) is 10.6. The number of aromatic nitrogens is 1. The Balaban J connectivity index is 2.41. The van der Waals surface area contributed by atoms with Crippen LogP contribution in [0.1, 0.15) is 35.4 Å². The Morgan fingerprint density at radius 1 is 1.39 bits per heavy atom. The standard InChI is InChI=1S/C13H15NO4/c1-4-5-9-11(13(15)16-3)18-12(14-9)10-7-6-8(2)17-10/h6-7H,4-5H2,1-3H3. The van der Waals surface area contributed by atoms with Gasteiger partial charge in [0, 0.05) is 0 Å². The van der Waals surface area contributed by atoms with E-state index in [-0.39, 0.29) is 5.76 Å². The number of esters is 1. The number of oxazole rings is 1. The van der Waals surface area contributed by atoms with Crippen LogP contribution < -0.4 is 0 Å². The van der Waals surface area contributed by atoms with E-state index in [0.29, 0.717) is 23.8 Å². The van der Waals surface area contributed by atoms with Gasteiger partial charge in [0.05, 0.1) is 12.8 Å². The Morgan fingerprint density at radius 2 is 2.17 bits per heavy atom. The molecule has 5 heteroatoms. The van der Waals surface area contributed by atoms with Gasteiger partial charge in [-0.05, 0) is 25.5 Å². The molecule has 0 unspecified atom stereocenters. The highest BCUT2D eigenvalue weighted by Crippen LogP contribution is 2.25. The van der Waals surface area contributed by atoms with Crippen LogP contribution in [0.4, 0.5) is 0 Å². The SMILES string of the molecule is CCCc1nc(-c2ccc(C)o2)oc1C(=O)OC. The van der Waals surface area contributed by atoms with Gasteiger partial charge in [-0.25, -0.2) is 9.78 Å². The van der Waals surface area contributed by atoms with Gasteiger partial charge in [0.1, 0.15) is 5.76 Å². The van der Waals surface area contributed by atoms with Crippen molar-refractivity contribution in [3.05, 3.63) is 29.3 Å². The molecule has 0 amide bonds. The molecule has 0 fully saturated rings. The van der Waals surface area contributed by atoms with Gasteiger partial charge in [0.25, 0.3) is 5.89 Å². The van der Waals surface area contributed by atoms with Gasteiger partial charge in [-0.1, -0.05) is 13.3 Å². The minimum absolute atomic E-state index is 0.156. The summed E-state index contributed by atoms with van der Waals surface area (Å²) in [6.07, 6.45) is 1.53. The number of hydrogen-bond acceptors (Lipinski definition) is 5. The third-order valence-corrected chi connectivity index (χ3v) is 2.51. The van der Waals surface area contributed by atoms with Crippen molar-refractivity contribution < 1.29 is 18.4 Å².